The second-order valence-electron chi connectivity index (χ2n) is 15.1. The summed E-state index contributed by atoms with van der Waals surface area (Å²) in [7, 11) is 0. The average Bonchev–Trinajstić information content (AvgIpc) is 3.26. The lowest BCUT2D eigenvalue weighted by atomic mass is 9.95. The van der Waals surface area contributed by atoms with E-state index in [0.717, 1.165) is 63.1 Å². The van der Waals surface area contributed by atoms with E-state index in [1.165, 1.54) is 83.5 Å². The minimum Gasteiger partial charge on any atom is -0.491 e. The summed E-state index contributed by atoms with van der Waals surface area (Å²) < 4.78 is 25.0. The Bertz CT molecular complexity index is 2370. The highest BCUT2D eigenvalue weighted by Crippen LogP contribution is 2.32. The zero-order valence-corrected chi connectivity index (χ0v) is 36.9. The maximum atomic E-state index is 13.5. The summed E-state index contributed by atoms with van der Waals surface area (Å²) in [6.07, 6.45) is 11.4. The molecule has 2 aromatic heterocycles. The minimum atomic E-state index is -0.633. The Morgan fingerprint density at radius 3 is 1.53 bits per heavy atom. The first-order valence-electron chi connectivity index (χ1n) is 21.3. The Morgan fingerprint density at radius 1 is 0.617 bits per heavy atom. The fourth-order valence-electron chi connectivity index (χ4n) is 7.38. The molecule has 0 amide bonds. The smallest absolute Gasteiger partial charge is 0.332 e. The summed E-state index contributed by atoms with van der Waals surface area (Å²) in [4.78, 5) is 38.8. The number of carbonyl (C=O) groups is 1. The van der Waals surface area contributed by atoms with Gasteiger partial charge >= 0.3 is 5.97 Å². The minimum absolute atomic E-state index is 0.000821. The molecular formula is C51H56O7S2. The van der Waals surface area contributed by atoms with Gasteiger partial charge in [0.15, 0.2) is 6.79 Å². The van der Waals surface area contributed by atoms with Crippen LogP contribution in [0.1, 0.15) is 88.5 Å². The first kappa shape index (κ1) is 44.5. The molecule has 6 aromatic rings. The molecule has 60 heavy (non-hydrogen) atoms. The maximum absolute atomic E-state index is 13.5. The number of ether oxygens (including phenoxy) is 4. The van der Waals surface area contributed by atoms with Gasteiger partial charge in [0.1, 0.15) is 30.8 Å². The second kappa shape index (κ2) is 22.0. The van der Waals surface area contributed by atoms with Gasteiger partial charge in [0.2, 0.25) is 9.48 Å². The molecule has 0 fully saturated rings. The molecular weight excluding hydrogens is 789 g/mol. The molecule has 0 bridgehead atoms. The van der Waals surface area contributed by atoms with Gasteiger partial charge in [-0.1, -0.05) is 119 Å². The number of hydrogen-bond acceptors (Lipinski definition) is 9. The molecule has 0 saturated heterocycles. The van der Waals surface area contributed by atoms with E-state index in [-0.39, 0.29) is 29.5 Å². The number of hydrogen-bond donors (Lipinski definition) is 0. The van der Waals surface area contributed by atoms with Crippen molar-refractivity contribution in [3.8, 4) is 33.8 Å². The number of carbonyl (C=O) groups excluding carboxylic acids is 1. The Hall–Kier alpha value is -5.09. The number of esters is 1. The summed E-state index contributed by atoms with van der Waals surface area (Å²) in [5.41, 5.74) is 8.43. The zero-order valence-electron chi connectivity index (χ0n) is 35.3. The van der Waals surface area contributed by atoms with Gasteiger partial charge in [-0.25, -0.2) is 4.79 Å². The molecule has 9 heteroatoms. The Morgan fingerprint density at radius 2 is 1.10 bits per heavy atom. The molecule has 0 N–H and O–H groups in total. The van der Waals surface area contributed by atoms with Crippen LogP contribution in [0.25, 0.3) is 42.4 Å². The largest absolute Gasteiger partial charge is 0.491 e. The topological polar surface area (TPSA) is 88.1 Å². The lowest BCUT2D eigenvalue weighted by Gasteiger charge is -2.19. The van der Waals surface area contributed by atoms with Crippen molar-refractivity contribution in [2.24, 2.45) is 0 Å². The fourth-order valence-corrected chi connectivity index (χ4v) is 9.18. The standard InChI is InChI=1S/C51H56O7S2/c1-6-11-13-15-34-17-23-43(36(8-3)25-34)45-27-38-19-21-40(29-47(38)59-50(45)53)55-31-42(57-33-58-49(52)10-5)32-56-41-22-20-39-28-46(51(54)60-48(39)30-41)44-24-18-35(16-14-12-7-2)26-37(44)9-4/h10,17-30,42H,5-9,11-16,31-33H2,1-4H3. The van der Waals surface area contributed by atoms with Crippen LogP contribution in [0.3, 0.4) is 0 Å². The summed E-state index contributed by atoms with van der Waals surface area (Å²) in [5, 5.41) is 1.91. The van der Waals surface area contributed by atoms with Crippen molar-refractivity contribution in [1.29, 1.82) is 0 Å². The van der Waals surface area contributed by atoms with Crippen molar-refractivity contribution in [3.63, 3.8) is 0 Å². The number of rotatable bonds is 22. The van der Waals surface area contributed by atoms with Gasteiger partial charge in [0.05, 0.1) is 0 Å². The Labute approximate surface area is 361 Å². The van der Waals surface area contributed by atoms with E-state index in [1.54, 1.807) is 0 Å². The average molecular weight is 845 g/mol. The second-order valence-corrected chi connectivity index (χ2v) is 17.1. The molecule has 6 rings (SSSR count). The number of fused-ring (bicyclic) bond motifs is 2. The van der Waals surface area contributed by atoms with Gasteiger partial charge in [0.25, 0.3) is 0 Å². The number of aryl methyl sites for hydroxylation is 4. The van der Waals surface area contributed by atoms with Gasteiger partial charge in [0, 0.05) is 26.6 Å². The van der Waals surface area contributed by atoms with E-state index in [1.807, 2.05) is 48.5 Å². The molecule has 4 aromatic carbocycles. The highest BCUT2D eigenvalue weighted by molar-refractivity contribution is 7.16. The molecule has 0 atom stereocenters. The molecule has 0 unspecified atom stereocenters. The van der Waals surface area contributed by atoms with E-state index < -0.39 is 12.1 Å². The zero-order chi connectivity index (χ0) is 42.4. The van der Waals surface area contributed by atoms with Gasteiger partial charge in [-0.15, -0.1) is 0 Å². The molecule has 0 saturated carbocycles. The third kappa shape index (κ3) is 11.6. The first-order chi connectivity index (χ1) is 29.2. The molecule has 0 spiro atoms. The molecule has 0 aliphatic carbocycles. The molecule has 0 aliphatic heterocycles. The van der Waals surface area contributed by atoms with Crippen LogP contribution >= 0.6 is 22.7 Å². The van der Waals surface area contributed by atoms with Gasteiger partial charge in [-0.2, -0.15) is 0 Å². The highest BCUT2D eigenvalue weighted by atomic mass is 32.1. The SMILES string of the molecule is C=CC(=O)OCOC(COc1ccc2cc(-c3ccc(CCCCC)cc3CC)c(=O)sc2c1)COc1ccc2cc(-c3ccc(CCCCC)cc3CC)c(=O)sc2c1. The molecule has 0 aliphatic rings. The molecule has 0 radical (unpaired) electrons. The van der Waals surface area contributed by atoms with Crippen molar-refractivity contribution >= 4 is 48.8 Å². The highest BCUT2D eigenvalue weighted by Gasteiger charge is 2.17. The quantitative estimate of drug-likeness (QED) is 0.0291. The summed E-state index contributed by atoms with van der Waals surface area (Å²) in [6, 6.07) is 28.4. The molecule has 7 nitrogen and oxygen atoms in total. The lowest BCUT2D eigenvalue weighted by molar-refractivity contribution is -0.158. The summed E-state index contributed by atoms with van der Waals surface area (Å²) in [5.74, 6) is 0.528. The summed E-state index contributed by atoms with van der Waals surface area (Å²) >= 11 is 2.41. The monoisotopic (exact) mass is 844 g/mol. The van der Waals surface area contributed by atoms with E-state index >= 15 is 0 Å². The maximum Gasteiger partial charge on any atom is 0.332 e. The molecule has 2 heterocycles. The van der Waals surface area contributed by atoms with Gasteiger partial charge in [-0.05, 0) is 131 Å². The van der Waals surface area contributed by atoms with Crippen LogP contribution in [0.2, 0.25) is 0 Å². The molecule has 314 valence electrons. The van der Waals surface area contributed by atoms with Crippen LogP contribution in [0.5, 0.6) is 11.5 Å². The van der Waals surface area contributed by atoms with Crippen LogP contribution in [-0.4, -0.2) is 32.1 Å². The fraction of sp³-hybridized carbons (Fsp3) is 0.353. The van der Waals surface area contributed by atoms with Gasteiger partial charge in [-0.3, -0.25) is 9.59 Å². The van der Waals surface area contributed by atoms with Crippen LogP contribution in [0, 0.1) is 0 Å². The van der Waals surface area contributed by atoms with Crippen LogP contribution in [0.4, 0.5) is 0 Å². The van der Waals surface area contributed by atoms with Crippen molar-refractivity contribution < 1.29 is 23.7 Å². The van der Waals surface area contributed by atoms with Crippen molar-refractivity contribution in [2.75, 3.05) is 20.0 Å². The van der Waals surface area contributed by atoms with Crippen LogP contribution in [0.15, 0.2) is 107 Å². The Balaban J connectivity index is 1.15. The van der Waals surface area contributed by atoms with E-state index in [0.29, 0.717) is 22.6 Å². The Kier molecular flexibility index (Phi) is 16.3. The summed E-state index contributed by atoms with van der Waals surface area (Å²) in [6.45, 7) is 12.0. The van der Waals surface area contributed by atoms with Crippen molar-refractivity contribution in [3.05, 3.63) is 139 Å². The number of unbranched alkanes of at least 4 members (excludes halogenated alkanes) is 4. The predicted molar refractivity (Wildman–Crippen MR) is 249 cm³/mol. The normalized spacial score (nSPS) is 11.3. The lowest BCUT2D eigenvalue weighted by Crippen LogP contribution is -2.30. The van der Waals surface area contributed by atoms with E-state index in [2.05, 4.69) is 70.7 Å². The van der Waals surface area contributed by atoms with Crippen LogP contribution in [-0.2, 0) is 40.0 Å². The van der Waals surface area contributed by atoms with E-state index in [9.17, 15) is 14.4 Å². The third-order valence-corrected chi connectivity index (χ3v) is 12.7. The van der Waals surface area contributed by atoms with Crippen LogP contribution < -0.4 is 19.0 Å². The predicted octanol–water partition coefficient (Wildman–Crippen LogP) is 12.3. The first-order valence-corrected chi connectivity index (χ1v) is 22.9. The van der Waals surface area contributed by atoms with E-state index in [4.69, 9.17) is 18.9 Å². The van der Waals surface area contributed by atoms with Gasteiger partial charge < -0.3 is 18.9 Å². The third-order valence-electron chi connectivity index (χ3n) is 10.8. The van der Waals surface area contributed by atoms with Crippen molar-refractivity contribution in [2.45, 2.75) is 98.0 Å². The van der Waals surface area contributed by atoms with Crippen molar-refractivity contribution in [1.82, 2.24) is 0 Å². The number of benzene rings is 4.